The Balaban J connectivity index is 1.59. The average Bonchev–Trinajstić information content (AvgIpc) is 3.01. The Morgan fingerprint density at radius 3 is 2.84 bits per heavy atom. The molecule has 0 saturated carbocycles. The minimum absolute atomic E-state index is 0.0798. The van der Waals surface area contributed by atoms with E-state index in [9.17, 15) is 4.79 Å². The molecule has 0 aliphatic rings. The predicted octanol–water partition coefficient (Wildman–Crippen LogP) is 4.49. The number of hydrogen-bond donors (Lipinski definition) is 2. The van der Waals surface area contributed by atoms with Gasteiger partial charge in [0.25, 0.3) is 0 Å². The number of hydrogen-bond acceptors (Lipinski definition) is 6. The summed E-state index contributed by atoms with van der Waals surface area (Å²) in [6.45, 7) is 1.94. The smallest absolute Gasteiger partial charge is 0.230 e. The highest BCUT2D eigenvalue weighted by Gasteiger charge is 2.09. The van der Waals surface area contributed by atoms with Crippen LogP contribution in [-0.4, -0.2) is 22.1 Å². The van der Waals surface area contributed by atoms with Crippen LogP contribution >= 0.6 is 23.1 Å². The van der Waals surface area contributed by atoms with Gasteiger partial charge in [0.15, 0.2) is 5.13 Å². The summed E-state index contributed by atoms with van der Waals surface area (Å²) in [5.74, 6) is 0.669. The maximum atomic E-state index is 12.2. The van der Waals surface area contributed by atoms with Crippen LogP contribution in [0.3, 0.4) is 0 Å². The molecule has 128 valence electrons. The Bertz CT molecular complexity index is 879. The molecule has 0 radical (unpaired) electrons. The number of carbonyl (C=O) groups excluding carboxylic acids is 1. The first-order chi connectivity index (χ1) is 12.1. The van der Waals surface area contributed by atoms with E-state index in [0.29, 0.717) is 0 Å². The number of anilines is 3. The molecule has 5 nitrogen and oxygen atoms in total. The first-order valence-corrected chi connectivity index (χ1v) is 9.82. The highest BCUT2D eigenvalue weighted by atomic mass is 32.2. The summed E-state index contributed by atoms with van der Waals surface area (Å²) < 4.78 is 0. The number of amides is 1. The number of nitrogens with zero attached hydrogens (tertiary/aromatic N) is 2. The fourth-order valence-electron chi connectivity index (χ4n) is 2.24. The van der Waals surface area contributed by atoms with Crippen molar-refractivity contribution >= 4 is 45.6 Å². The Morgan fingerprint density at radius 1 is 1.20 bits per heavy atom. The summed E-state index contributed by atoms with van der Waals surface area (Å²) in [7, 11) is 0. The normalized spacial score (nSPS) is 10.5. The summed E-state index contributed by atoms with van der Waals surface area (Å²) in [6.07, 6.45) is 2.25. The van der Waals surface area contributed by atoms with Crippen LogP contribution in [0.15, 0.2) is 52.7 Å². The summed E-state index contributed by atoms with van der Waals surface area (Å²) in [5.41, 5.74) is 2.47. The summed E-state index contributed by atoms with van der Waals surface area (Å²) in [6, 6.07) is 13.6. The van der Waals surface area contributed by atoms with Gasteiger partial charge in [-0.3, -0.25) is 4.79 Å². The number of aryl methyl sites for hydroxylation is 1. The van der Waals surface area contributed by atoms with Crippen molar-refractivity contribution in [1.82, 2.24) is 9.97 Å². The number of rotatable bonds is 6. The van der Waals surface area contributed by atoms with Gasteiger partial charge < -0.3 is 10.6 Å². The van der Waals surface area contributed by atoms with Crippen LogP contribution in [0, 0.1) is 6.92 Å². The quantitative estimate of drug-likeness (QED) is 0.626. The van der Waals surface area contributed by atoms with Gasteiger partial charge in [-0.05, 0) is 43.5 Å². The number of thiazole rings is 1. The predicted molar refractivity (Wildman–Crippen MR) is 105 cm³/mol. The van der Waals surface area contributed by atoms with Gasteiger partial charge in [-0.15, -0.1) is 23.1 Å². The summed E-state index contributed by atoms with van der Waals surface area (Å²) in [4.78, 5) is 22.2. The van der Waals surface area contributed by atoms with Crippen molar-refractivity contribution in [2.45, 2.75) is 18.2 Å². The Kier molecular flexibility index (Phi) is 5.67. The van der Waals surface area contributed by atoms with Gasteiger partial charge in [-0.2, -0.15) is 0 Å². The van der Waals surface area contributed by atoms with E-state index in [1.165, 1.54) is 11.3 Å². The molecule has 25 heavy (non-hydrogen) atoms. The zero-order valence-corrected chi connectivity index (χ0v) is 15.6. The molecular formula is C18H18N4OS2. The van der Waals surface area contributed by atoms with Crippen LogP contribution in [0.2, 0.25) is 0 Å². The third-order valence-electron chi connectivity index (χ3n) is 3.37. The topological polar surface area (TPSA) is 66.9 Å². The minimum Gasteiger partial charge on any atom is -0.326 e. The lowest BCUT2D eigenvalue weighted by molar-refractivity contribution is -0.115. The molecule has 7 heteroatoms. The maximum Gasteiger partial charge on any atom is 0.230 e. The van der Waals surface area contributed by atoms with Gasteiger partial charge in [-0.25, -0.2) is 9.97 Å². The van der Waals surface area contributed by atoms with Crippen molar-refractivity contribution in [2.75, 3.05) is 16.9 Å². The molecule has 2 heterocycles. The van der Waals surface area contributed by atoms with Gasteiger partial charge in [0.2, 0.25) is 5.91 Å². The molecule has 0 aliphatic heterocycles. The lowest BCUT2D eigenvalue weighted by Crippen LogP contribution is -2.14. The van der Waals surface area contributed by atoms with Crippen LogP contribution < -0.4 is 10.6 Å². The number of carbonyl (C=O) groups is 1. The minimum atomic E-state index is -0.0798. The molecule has 3 rings (SSSR count). The van der Waals surface area contributed by atoms with Crippen molar-refractivity contribution in [1.29, 1.82) is 0 Å². The molecule has 0 saturated heterocycles. The molecule has 2 N–H and O–H groups in total. The highest BCUT2D eigenvalue weighted by molar-refractivity contribution is 7.98. The molecule has 0 fully saturated rings. The third kappa shape index (κ3) is 5.04. The molecule has 1 aromatic carbocycles. The van der Waals surface area contributed by atoms with Crippen molar-refractivity contribution < 1.29 is 4.79 Å². The van der Waals surface area contributed by atoms with E-state index >= 15 is 0 Å². The van der Waals surface area contributed by atoms with Gasteiger partial charge in [0.1, 0.15) is 5.82 Å². The Hall–Kier alpha value is -2.38. The first-order valence-electron chi connectivity index (χ1n) is 7.71. The molecule has 0 bridgehead atoms. The SMILES string of the molecule is CSc1cccc(NC(=O)Cc2csc(Nc3cccc(C)n3)n2)c1. The molecule has 0 spiro atoms. The second-order valence-electron chi connectivity index (χ2n) is 5.39. The molecule has 2 aromatic heterocycles. The number of pyridine rings is 1. The lowest BCUT2D eigenvalue weighted by Gasteiger charge is -2.05. The van der Waals surface area contributed by atoms with E-state index < -0.39 is 0 Å². The van der Waals surface area contributed by atoms with Crippen LogP contribution in [0.25, 0.3) is 0 Å². The molecule has 0 unspecified atom stereocenters. The summed E-state index contributed by atoms with van der Waals surface area (Å²) in [5, 5.41) is 8.69. The van der Waals surface area contributed by atoms with Gasteiger partial charge in [0.05, 0.1) is 12.1 Å². The van der Waals surface area contributed by atoms with E-state index in [1.54, 1.807) is 11.8 Å². The molecule has 1 amide bonds. The van der Waals surface area contributed by atoms with Crippen LogP contribution in [0.1, 0.15) is 11.4 Å². The lowest BCUT2D eigenvalue weighted by atomic mass is 10.3. The monoisotopic (exact) mass is 370 g/mol. The van der Waals surface area contributed by atoms with E-state index in [-0.39, 0.29) is 12.3 Å². The highest BCUT2D eigenvalue weighted by Crippen LogP contribution is 2.21. The van der Waals surface area contributed by atoms with E-state index in [2.05, 4.69) is 20.6 Å². The van der Waals surface area contributed by atoms with Crippen molar-refractivity contribution in [3.05, 3.63) is 59.2 Å². The largest absolute Gasteiger partial charge is 0.326 e. The number of nitrogens with one attached hydrogen (secondary N) is 2. The fraction of sp³-hybridized carbons (Fsp3) is 0.167. The van der Waals surface area contributed by atoms with Crippen LogP contribution in [0.4, 0.5) is 16.6 Å². The van der Waals surface area contributed by atoms with Crippen LogP contribution in [-0.2, 0) is 11.2 Å². The molecule has 3 aromatic rings. The van der Waals surface area contributed by atoms with Crippen molar-refractivity contribution in [3.63, 3.8) is 0 Å². The number of benzene rings is 1. The third-order valence-corrected chi connectivity index (χ3v) is 4.90. The second kappa shape index (κ2) is 8.13. The van der Waals surface area contributed by atoms with Crippen molar-refractivity contribution in [2.24, 2.45) is 0 Å². The molecule has 0 atom stereocenters. The zero-order valence-electron chi connectivity index (χ0n) is 13.9. The standard InChI is InChI=1S/C18H18N4OS2/c1-12-5-3-8-16(19-12)22-18-21-14(11-25-18)10-17(23)20-13-6-4-7-15(9-13)24-2/h3-9,11H,10H2,1-2H3,(H,20,23)(H,19,21,22). The van der Waals surface area contributed by atoms with Gasteiger partial charge >= 0.3 is 0 Å². The van der Waals surface area contributed by atoms with E-state index in [0.717, 1.165) is 32.9 Å². The fourth-order valence-corrected chi connectivity index (χ4v) is 3.41. The summed E-state index contributed by atoms with van der Waals surface area (Å²) >= 11 is 3.10. The van der Waals surface area contributed by atoms with Crippen LogP contribution in [0.5, 0.6) is 0 Å². The molecular weight excluding hydrogens is 352 g/mol. The second-order valence-corrected chi connectivity index (χ2v) is 7.13. The van der Waals surface area contributed by atoms with Gasteiger partial charge in [0, 0.05) is 21.7 Å². The van der Waals surface area contributed by atoms with Gasteiger partial charge in [-0.1, -0.05) is 12.1 Å². The van der Waals surface area contributed by atoms with E-state index in [4.69, 9.17) is 0 Å². The van der Waals surface area contributed by atoms with E-state index in [1.807, 2.05) is 61.0 Å². The zero-order chi connectivity index (χ0) is 17.6. The Labute approximate surface area is 154 Å². The Morgan fingerprint density at radius 2 is 2.04 bits per heavy atom. The maximum absolute atomic E-state index is 12.2. The first kappa shape index (κ1) is 17.4. The number of aromatic nitrogens is 2. The average molecular weight is 371 g/mol. The number of thioether (sulfide) groups is 1. The molecule has 0 aliphatic carbocycles. The van der Waals surface area contributed by atoms with Crippen molar-refractivity contribution in [3.8, 4) is 0 Å².